The molecule has 0 heterocycles. The summed E-state index contributed by atoms with van der Waals surface area (Å²) < 4.78 is 5.36. The molecule has 0 radical (unpaired) electrons. The average molecular weight is 441 g/mol. The summed E-state index contributed by atoms with van der Waals surface area (Å²) in [7, 11) is -3.06. The van der Waals surface area contributed by atoms with E-state index in [4.69, 9.17) is 4.74 Å². The van der Waals surface area contributed by atoms with Crippen LogP contribution in [0.4, 0.5) is 0 Å². The van der Waals surface area contributed by atoms with Crippen LogP contribution in [0.1, 0.15) is 60.3 Å². The third kappa shape index (κ3) is 6.62. The monoisotopic (exact) mass is 440 g/mol. The smallest absolute Gasteiger partial charge is 0.307 e. The molecule has 0 amide bonds. The zero-order valence-electron chi connectivity index (χ0n) is 19.4. The van der Waals surface area contributed by atoms with Gasteiger partial charge in [-0.25, -0.2) is 0 Å². The van der Waals surface area contributed by atoms with Gasteiger partial charge < -0.3 is 14.3 Å². The van der Waals surface area contributed by atoms with E-state index >= 15 is 0 Å². The van der Waals surface area contributed by atoms with Gasteiger partial charge >= 0.3 is 5.97 Å². The second kappa shape index (κ2) is 10.4. The van der Waals surface area contributed by atoms with E-state index < -0.39 is 13.9 Å². The Morgan fingerprint density at radius 1 is 0.968 bits per heavy atom. The summed E-state index contributed by atoms with van der Waals surface area (Å²) in [5.41, 5.74) is -0.556. The largest absolute Gasteiger partial charge is 0.460 e. The molecule has 0 spiro atoms. The van der Waals surface area contributed by atoms with Gasteiger partial charge in [-0.1, -0.05) is 80.9 Å². The van der Waals surface area contributed by atoms with E-state index in [-0.39, 0.29) is 23.3 Å². The molecule has 4 nitrogen and oxygen atoms in total. The van der Waals surface area contributed by atoms with Gasteiger partial charge in [0.05, 0.1) is 6.42 Å². The minimum atomic E-state index is -3.06. The van der Waals surface area contributed by atoms with Gasteiger partial charge in [-0.05, 0) is 49.0 Å². The fourth-order valence-electron chi connectivity index (χ4n) is 4.11. The maximum atomic E-state index is 12.2. The molecule has 0 fully saturated rings. The van der Waals surface area contributed by atoms with Crippen LogP contribution in [0.25, 0.3) is 0 Å². The number of benzene rings is 2. The number of carbonyl (C=O) groups excluding carboxylic acids is 2. The molecule has 0 saturated heterocycles. The Morgan fingerprint density at radius 3 is 1.87 bits per heavy atom. The van der Waals surface area contributed by atoms with Crippen LogP contribution in [0, 0.1) is 5.92 Å². The highest BCUT2D eigenvalue weighted by Crippen LogP contribution is 2.40. The molecule has 2 aromatic carbocycles. The number of hydrogen-bond donors (Lipinski definition) is 1. The molecule has 1 unspecified atom stereocenters. The first-order valence-electron chi connectivity index (χ1n) is 11.0. The van der Waals surface area contributed by atoms with E-state index in [0.29, 0.717) is 6.42 Å². The number of rotatable bonds is 10. The number of ether oxygens (including phenoxy) is 1. The summed E-state index contributed by atoms with van der Waals surface area (Å²) in [4.78, 5) is 35.8. The van der Waals surface area contributed by atoms with E-state index in [9.17, 15) is 14.4 Å². The Bertz CT molecular complexity index is 801. The van der Waals surface area contributed by atoms with Crippen molar-refractivity contribution in [2.24, 2.45) is 5.92 Å². The van der Waals surface area contributed by atoms with Crippen molar-refractivity contribution in [2.45, 2.75) is 70.9 Å². The van der Waals surface area contributed by atoms with Gasteiger partial charge in [0.15, 0.2) is 0 Å². The van der Waals surface area contributed by atoms with Crippen molar-refractivity contribution in [1.82, 2.24) is 0 Å². The molecule has 0 aliphatic carbocycles. The van der Waals surface area contributed by atoms with Crippen molar-refractivity contribution in [3.05, 3.63) is 60.7 Å². The van der Waals surface area contributed by atoms with Crippen molar-refractivity contribution in [3.8, 4) is 0 Å². The van der Waals surface area contributed by atoms with E-state index in [0.717, 1.165) is 29.5 Å². The molecule has 1 atom stereocenters. The second-order valence-electron chi connectivity index (χ2n) is 9.91. The number of esters is 1. The van der Waals surface area contributed by atoms with Crippen molar-refractivity contribution >= 4 is 30.9 Å². The summed E-state index contributed by atoms with van der Waals surface area (Å²) in [5, 5.41) is 1.59. The molecule has 0 aromatic heterocycles. The van der Waals surface area contributed by atoms with Gasteiger partial charge in [-0.15, -0.1) is 0 Å². The summed E-state index contributed by atoms with van der Waals surface area (Å²) in [6, 6.07) is 19.8. The van der Waals surface area contributed by atoms with Crippen LogP contribution in [-0.2, 0) is 14.3 Å². The van der Waals surface area contributed by atoms with Gasteiger partial charge in [0.2, 0.25) is 0 Å². The van der Waals surface area contributed by atoms with Crippen molar-refractivity contribution in [3.63, 3.8) is 0 Å². The maximum absolute atomic E-state index is 12.2. The molecule has 0 aliphatic heterocycles. The molecular weight excluding hydrogens is 404 g/mol. The van der Waals surface area contributed by atoms with Crippen LogP contribution in [0.15, 0.2) is 60.7 Å². The summed E-state index contributed by atoms with van der Waals surface area (Å²) in [6.07, 6.45) is 3.04. The molecule has 0 bridgehead atoms. The van der Waals surface area contributed by atoms with Crippen LogP contribution in [0.3, 0.4) is 0 Å². The Kier molecular flexibility index (Phi) is 8.38. The molecular formula is C26H36O4Si. The first-order chi connectivity index (χ1) is 14.5. The molecule has 2 aromatic rings. The Morgan fingerprint density at radius 2 is 1.45 bits per heavy atom. The second-order valence-corrected chi connectivity index (χ2v) is 13.8. The predicted molar refractivity (Wildman–Crippen MR) is 128 cm³/mol. The lowest BCUT2D eigenvalue weighted by atomic mass is 9.96. The predicted octanol–water partition coefficient (Wildman–Crippen LogP) is 4.24. The molecule has 5 heteroatoms. The molecule has 168 valence electrons. The van der Waals surface area contributed by atoms with E-state index in [1.54, 1.807) is 0 Å². The summed E-state index contributed by atoms with van der Waals surface area (Å²) in [5.74, 6) is -0.711. The fourth-order valence-corrected chi connectivity index (χ4v) is 7.89. The lowest BCUT2D eigenvalue weighted by Crippen LogP contribution is -2.65. The van der Waals surface area contributed by atoms with Crippen LogP contribution in [0.5, 0.6) is 0 Å². The Labute approximate surface area is 187 Å². The van der Waals surface area contributed by atoms with E-state index in [1.807, 2.05) is 81.4 Å². The van der Waals surface area contributed by atoms with Gasteiger partial charge in [0.1, 0.15) is 11.9 Å². The van der Waals surface area contributed by atoms with Gasteiger partial charge in [0, 0.05) is 5.92 Å². The van der Waals surface area contributed by atoms with E-state index in [1.165, 1.54) is 0 Å². The fraction of sp³-hybridized carbons (Fsp3) is 0.462. The number of carbonyl (C=O) groups is 2. The summed E-state index contributed by atoms with van der Waals surface area (Å²) >= 11 is 0. The summed E-state index contributed by atoms with van der Waals surface area (Å²) in [6.45, 7) is 9.69. The van der Waals surface area contributed by atoms with Crippen molar-refractivity contribution < 1.29 is 19.1 Å². The van der Waals surface area contributed by atoms with Crippen molar-refractivity contribution in [1.29, 1.82) is 0 Å². The number of aldehydes is 1. The highest BCUT2D eigenvalue weighted by Gasteiger charge is 2.49. The van der Waals surface area contributed by atoms with Gasteiger partial charge in [-0.3, -0.25) is 4.79 Å². The molecule has 1 N–H and O–H groups in total. The lowest BCUT2D eigenvalue weighted by Gasteiger charge is -2.41. The standard InChI is InChI=1S/C26H36O4Si/c1-25(2,3)30-24(28)19-21(20-27)13-12-18-26(4,5)31(29,22-14-8-6-9-15-22)23-16-10-7-11-17-23/h6-11,14-17,20-21,29H,12-13,18-19H2,1-5H3. The maximum Gasteiger partial charge on any atom is 0.307 e. The van der Waals surface area contributed by atoms with Crippen LogP contribution in [0.2, 0.25) is 5.04 Å². The molecule has 0 saturated carbocycles. The SMILES string of the molecule is CC(C)(C)OC(=O)CC(C=O)CCCC(C)(C)[Si](O)(c1ccccc1)c1ccccc1. The third-order valence-corrected chi connectivity index (χ3v) is 10.3. The third-order valence-electron chi connectivity index (χ3n) is 5.78. The highest BCUT2D eigenvalue weighted by atomic mass is 28.4. The quantitative estimate of drug-likeness (QED) is 0.341. The Balaban J connectivity index is 2.14. The lowest BCUT2D eigenvalue weighted by molar-refractivity contribution is -0.156. The molecule has 2 rings (SSSR count). The average Bonchev–Trinajstić information content (AvgIpc) is 2.72. The molecule has 31 heavy (non-hydrogen) atoms. The van der Waals surface area contributed by atoms with Gasteiger partial charge in [-0.2, -0.15) is 0 Å². The zero-order valence-corrected chi connectivity index (χ0v) is 20.4. The van der Waals surface area contributed by atoms with Crippen LogP contribution >= 0.6 is 0 Å². The van der Waals surface area contributed by atoms with Crippen LogP contribution < -0.4 is 10.4 Å². The normalized spacial score (nSPS) is 13.5. The highest BCUT2D eigenvalue weighted by molar-refractivity contribution is 6.98. The van der Waals surface area contributed by atoms with Gasteiger partial charge in [0.25, 0.3) is 8.32 Å². The topological polar surface area (TPSA) is 63.6 Å². The molecule has 0 aliphatic rings. The first kappa shape index (κ1) is 25.0. The minimum Gasteiger partial charge on any atom is -0.460 e. The first-order valence-corrected chi connectivity index (χ1v) is 12.9. The van der Waals surface area contributed by atoms with Crippen LogP contribution in [-0.4, -0.2) is 31.0 Å². The van der Waals surface area contributed by atoms with E-state index in [2.05, 4.69) is 13.8 Å². The Hall–Kier alpha value is -2.24. The van der Waals surface area contributed by atoms with Crippen molar-refractivity contribution in [2.75, 3.05) is 0 Å². The number of hydrogen-bond acceptors (Lipinski definition) is 4. The zero-order chi connectivity index (χ0) is 23.1. The minimum absolute atomic E-state index is 0.0975.